The van der Waals surface area contributed by atoms with E-state index >= 15 is 0 Å². The fourth-order valence-corrected chi connectivity index (χ4v) is 9.11. The molecule has 0 saturated carbocycles. The van der Waals surface area contributed by atoms with E-state index in [1.165, 1.54) is 218 Å². The number of carbonyl (C=O) groups excluding carboxylic acids is 1. The number of hydrogen-bond acceptors (Lipinski definition) is 6. The summed E-state index contributed by atoms with van der Waals surface area (Å²) in [5.41, 5.74) is 0. The molecule has 0 aliphatic heterocycles. The highest BCUT2D eigenvalue weighted by Crippen LogP contribution is 2.38. The number of phosphoric ester groups is 1. The van der Waals surface area contributed by atoms with Crippen LogP contribution in [-0.2, 0) is 18.4 Å². The lowest BCUT2D eigenvalue weighted by atomic mass is 10.0. The lowest BCUT2D eigenvalue weighted by Crippen LogP contribution is -2.45. The van der Waals surface area contributed by atoms with Gasteiger partial charge in [-0.25, -0.2) is 0 Å². The Bertz CT molecular complexity index is 1040. The Balaban J connectivity index is 4.21. The molecule has 9 heteroatoms. The van der Waals surface area contributed by atoms with Gasteiger partial charge in [0.1, 0.15) is 13.2 Å². The van der Waals surface area contributed by atoms with Gasteiger partial charge in [-0.05, 0) is 19.3 Å². The van der Waals surface area contributed by atoms with Gasteiger partial charge in [-0.3, -0.25) is 9.36 Å². The Morgan fingerprint density at radius 2 is 0.857 bits per heavy atom. The van der Waals surface area contributed by atoms with E-state index in [0.717, 1.165) is 38.5 Å². The predicted octanol–water partition coefficient (Wildman–Crippen LogP) is 15.6. The van der Waals surface area contributed by atoms with Crippen LogP contribution in [0.15, 0.2) is 12.2 Å². The average Bonchev–Trinajstić information content (AvgIpc) is 3.24. The third kappa shape index (κ3) is 49.0. The SMILES string of the molecule is CCCCCCCCCCCCCCCCCCCCCCCC/C=C/C(O)C(COP(=O)([O-])OCC[N+](C)(C)C)NC(=O)CCCCCCCCCCCCCCCCCCC. The number of hydrogen-bond donors (Lipinski definition) is 2. The number of aliphatic hydroxyl groups is 1. The molecule has 8 nitrogen and oxygen atoms in total. The fraction of sp³-hybridized carbons (Fsp3) is 0.944. The molecule has 1 amide bonds. The average molecular weight is 913 g/mol. The summed E-state index contributed by atoms with van der Waals surface area (Å²) in [6.45, 7) is 4.69. The Labute approximate surface area is 392 Å². The van der Waals surface area contributed by atoms with Gasteiger partial charge in [-0.15, -0.1) is 0 Å². The largest absolute Gasteiger partial charge is 0.756 e. The van der Waals surface area contributed by atoms with Crippen molar-refractivity contribution < 1.29 is 32.9 Å². The summed E-state index contributed by atoms with van der Waals surface area (Å²) in [6.07, 6.45) is 55.6. The summed E-state index contributed by atoms with van der Waals surface area (Å²) < 4.78 is 23.3. The third-order valence-electron chi connectivity index (χ3n) is 12.7. The highest BCUT2D eigenvalue weighted by atomic mass is 31.2. The zero-order chi connectivity index (χ0) is 46.4. The van der Waals surface area contributed by atoms with Gasteiger partial charge >= 0.3 is 0 Å². The molecule has 0 spiro atoms. The smallest absolute Gasteiger partial charge is 0.268 e. The number of quaternary nitrogens is 1. The highest BCUT2D eigenvalue weighted by Gasteiger charge is 2.23. The van der Waals surface area contributed by atoms with Crippen molar-refractivity contribution in [3.8, 4) is 0 Å². The molecule has 0 fully saturated rings. The summed E-state index contributed by atoms with van der Waals surface area (Å²) in [5.74, 6) is -0.191. The van der Waals surface area contributed by atoms with Crippen molar-refractivity contribution in [3.63, 3.8) is 0 Å². The number of rotatable bonds is 51. The van der Waals surface area contributed by atoms with Crippen molar-refractivity contribution in [1.29, 1.82) is 0 Å². The van der Waals surface area contributed by atoms with Crippen molar-refractivity contribution in [2.45, 2.75) is 289 Å². The number of phosphoric acid groups is 1. The van der Waals surface area contributed by atoms with E-state index in [0.29, 0.717) is 17.4 Å². The van der Waals surface area contributed by atoms with Crippen LogP contribution in [0, 0.1) is 0 Å². The maximum absolute atomic E-state index is 12.9. The molecule has 0 aliphatic rings. The van der Waals surface area contributed by atoms with Gasteiger partial charge < -0.3 is 28.8 Å². The van der Waals surface area contributed by atoms with Gasteiger partial charge in [0.2, 0.25) is 5.91 Å². The second-order valence-corrected chi connectivity index (χ2v) is 21.7. The maximum atomic E-state index is 12.9. The number of allylic oxidation sites excluding steroid dienone is 1. The number of likely N-dealkylation sites (N-methyl/N-ethyl adjacent to an activating group) is 1. The molecule has 0 rings (SSSR count). The van der Waals surface area contributed by atoms with E-state index in [9.17, 15) is 19.4 Å². The van der Waals surface area contributed by atoms with Crippen molar-refractivity contribution in [2.75, 3.05) is 40.9 Å². The van der Waals surface area contributed by atoms with Gasteiger partial charge in [0, 0.05) is 6.42 Å². The van der Waals surface area contributed by atoms with Gasteiger partial charge in [0.25, 0.3) is 7.82 Å². The summed E-state index contributed by atoms with van der Waals surface area (Å²) in [7, 11) is 1.28. The zero-order valence-electron chi connectivity index (χ0n) is 42.8. The Morgan fingerprint density at radius 3 is 1.19 bits per heavy atom. The monoisotopic (exact) mass is 913 g/mol. The number of unbranched alkanes of at least 4 members (excludes halogenated alkanes) is 38. The number of nitrogens with one attached hydrogen (secondary N) is 1. The van der Waals surface area contributed by atoms with Crippen LogP contribution in [0.4, 0.5) is 0 Å². The number of carbonyl (C=O) groups is 1. The highest BCUT2D eigenvalue weighted by molar-refractivity contribution is 7.45. The molecule has 0 aromatic carbocycles. The molecule has 376 valence electrons. The van der Waals surface area contributed by atoms with Crippen LogP contribution in [0.3, 0.4) is 0 Å². The second kappa shape index (κ2) is 46.4. The van der Waals surface area contributed by atoms with Crippen LogP contribution in [0.1, 0.15) is 277 Å². The minimum atomic E-state index is -4.59. The minimum Gasteiger partial charge on any atom is -0.756 e. The summed E-state index contributed by atoms with van der Waals surface area (Å²) in [6, 6.07) is -0.881. The van der Waals surface area contributed by atoms with E-state index < -0.39 is 20.0 Å². The van der Waals surface area contributed by atoms with Crippen LogP contribution >= 0.6 is 7.82 Å². The maximum Gasteiger partial charge on any atom is 0.268 e. The number of amides is 1. The fourth-order valence-electron chi connectivity index (χ4n) is 8.39. The van der Waals surface area contributed by atoms with E-state index in [1.807, 2.05) is 27.2 Å². The zero-order valence-corrected chi connectivity index (χ0v) is 43.7. The lowest BCUT2D eigenvalue weighted by molar-refractivity contribution is -0.870. The Morgan fingerprint density at radius 1 is 0.540 bits per heavy atom. The molecule has 0 aromatic rings. The first-order chi connectivity index (χ1) is 30.5. The molecular formula is C54H109N2O6P. The molecule has 2 N–H and O–H groups in total. The summed E-state index contributed by atoms with van der Waals surface area (Å²) in [4.78, 5) is 25.4. The van der Waals surface area contributed by atoms with Crippen molar-refractivity contribution in [3.05, 3.63) is 12.2 Å². The Hall–Kier alpha value is -0.760. The normalized spacial score (nSPS) is 14.1. The molecule has 0 aliphatic carbocycles. The second-order valence-electron chi connectivity index (χ2n) is 20.3. The minimum absolute atomic E-state index is 0.00259. The van der Waals surface area contributed by atoms with Crippen molar-refractivity contribution in [1.82, 2.24) is 5.32 Å². The standard InChI is InChI=1S/C54H109N2O6P/c1-6-8-10-12-14-16-18-20-22-24-25-26-27-28-29-30-32-33-35-37-39-41-43-45-47-53(57)52(51-62-63(59,60)61-50-49-56(3,4)5)55-54(58)48-46-44-42-40-38-36-34-31-23-21-19-17-15-13-11-9-7-2/h45,47,52-53,57H,6-44,46,48-51H2,1-5H3,(H-,55,58,59,60)/b47-45+. The topological polar surface area (TPSA) is 108 Å². The first-order valence-corrected chi connectivity index (χ1v) is 29.0. The molecule has 3 unspecified atom stereocenters. The Kier molecular flexibility index (Phi) is 45.8. The molecule has 0 radical (unpaired) electrons. The first-order valence-electron chi connectivity index (χ1n) is 27.6. The van der Waals surface area contributed by atoms with Gasteiger partial charge in [-0.2, -0.15) is 0 Å². The number of nitrogens with zero attached hydrogens (tertiary/aromatic N) is 1. The van der Waals surface area contributed by atoms with Crippen LogP contribution in [0.5, 0.6) is 0 Å². The lowest BCUT2D eigenvalue weighted by Gasteiger charge is -2.29. The van der Waals surface area contributed by atoms with E-state index in [4.69, 9.17) is 9.05 Å². The summed E-state index contributed by atoms with van der Waals surface area (Å²) >= 11 is 0. The van der Waals surface area contributed by atoms with Gasteiger partial charge in [-0.1, -0.05) is 264 Å². The molecular weight excluding hydrogens is 804 g/mol. The quantitative estimate of drug-likeness (QED) is 0.0272. The number of aliphatic hydroxyl groups excluding tert-OH is 1. The third-order valence-corrected chi connectivity index (χ3v) is 13.7. The van der Waals surface area contributed by atoms with Gasteiger partial charge in [0.15, 0.2) is 0 Å². The summed E-state index contributed by atoms with van der Waals surface area (Å²) in [5, 5.41) is 13.9. The van der Waals surface area contributed by atoms with Crippen LogP contribution in [0.2, 0.25) is 0 Å². The predicted molar refractivity (Wildman–Crippen MR) is 270 cm³/mol. The van der Waals surface area contributed by atoms with Crippen LogP contribution in [-0.4, -0.2) is 68.5 Å². The van der Waals surface area contributed by atoms with Gasteiger partial charge in [0.05, 0.1) is 39.9 Å². The molecule has 0 saturated heterocycles. The van der Waals surface area contributed by atoms with E-state index in [2.05, 4.69) is 19.2 Å². The molecule has 0 aromatic heterocycles. The van der Waals surface area contributed by atoms with E-state index in [-0.39, 0.29) is 19.1 Å². The van der Waals surface area contributed by atoms with Crippen LogP contribution < -0.4 is 10.2 Å². The van der Waals surface area contributed by atoms with Crippen molar-refractivity contribution in [2.24, 2.45) is 0 Å². The van der Waals surface area contributed by atoms with Crippen LogP contribution in [0.25, 0.3) is 0 Å². The molecule has 3 atom stereocenters. The molecule has 0 bridgehead atoms. The van der Waals surface area contributed by atoms with E-state index in [1.54, 1.807) is 6.08 Å². The molecule has 0 heterocycles. The first kappa shape index (κ1) is 62.2. The molecule has 63 heavy (non-hydrogen) atoms. The van der Waals surface area contributed by atoms with Crippen molar-refractivity contribution >= 4 is 13.7 Å².